The van der Waals surface area contributed by atoms with Crippen molar-refractivity contribution in [1.82, 2.24) is 10.3 Å². The van der Waals surface area contributed by atoms with Gasteiger partial charge in [0, 0.05) is 12.4 Å². The van der Waals surface area contributed by atoms with Crippen molar-refractivity contribution < 1.29 is 14.4 Å². The molecule has 2 bridgehead atoms. The van der Waals surface area contributed by atoms with Crippen molar-refractivity contribution in [2.45, 2.75) is 17.9 Å². The van der Waals surface area contributed by atoms with Gasteiger partial charge in [-0.1, -0.05) is 42.5 Å². The van der Waals surface area contributed by atoms with Crippen LogP contribution in [0.25, 0.3) is 0 Å². The number of pyridine rings is 1. The molecule has 152 valence electrons. The van der Waals surface area contributed by atoms with Crippen LogP contribution in [0.5, 0.6) is 0 Å². The highest BCUT2D eigenvalue weighted by molar-refractivity contribution is 6.25. The first-order chi connectivity index (χ1) is 15.0. The number of hydrogen-bond acceptors (Lipinski definition) is 4. The second kappa shape index (κ2) is 5.88. The number of amides is 3. The summed E-state index contributed by atoms with van der Waals surface area (Å²) in [6.07, 6.45) is 3.29. The number of piperidine rings is 1. The Hall–Kier alpha value is -3.80. The molecule has 3 aromatic rings. The SMILES string of the molecule is C[C@]12C(=O)N[C@@](c3ccncc3)(c3ccccc31)[C@H]1C(=O)N(c3ccccc3)C(=O)[C@@H]12. The van der Waals surface area contributed by atoms with Gasteiger partial charge < -0.3 is 5.32 Å². The number of carbonyl (C=O) groups excluding carboxylic acids is 3. The largest absolute Gasteiger partial charge is 0.341 e. The first kappa shape index (κ1) is 18.0. The van der Waals surface area contributed by atoms with E-state index in [1.165, 1.54) is 4.90 Å². The fourth-order valence-corrected chi connectivity index (χ4v) is 5.87. The van der Waals surface area contributed by atoms with E-state index in [1.807, 2.05) is 42.5 Å². The zero-order valence-corrected chi connectivity index (χ0v) is 16.8. The molecule has 4 aliphatic rings. The van der Waals surface area contributed by atoms with E-state index in [9.17, 15) is 14.4 Å². The van der Waals surface area contributed by atoms with Crippen LogP contribution in [0.15, 0.2) is 79.1 Å². The van der Waals surface area contributed by atoms with E-state index in [4.69, 9.17) is 0 Å². The number of para-hydroxylation sites is 1. The molecule has 3 aliphatic heterocycles. The van der Waals surface area contributed by atoms with Gasteiger partial charge in [0.05, 0.1) is 22.9 Å². The van der Waals surface area contributed by atoms with Crippen molar-refractivity contribution >= 4 is 23.4 Å². The third kappa shape index (κ3) is 1.97. The molecular weight excluding hydrogens is 390 g/mol. The Morgan fingerprint density at radius 3 is 2.13 bits per heavy atom. The second-order valence-electron chi connectivity index (χ2n) is 8.55. The Kier molecular flexibility index (Phi) is 3.41. The molecule has 2 saturated heterocycles. The normalized spacial score (nSPS) is 30.7. The maximum atomic E-state index is 13.9. The average molecular weight is 409 g/mol. The molecule has 1 aromatic heterocycles. The monoisotopic (exact) mass is 409 g/mol. The van der Waals surface area contributed by atoms with Crippen LogP contribution in [-0.4, -0.2) is 22.7 Å². The number of nitrogens with one attached hydrogen (secondary N) is 1. The van der Waals surface area contributed by atoms with Crippen molar-refractivity contribution in [3.63, 3.8) is 0 Å². The van der Waals surface area contributed by atoms with E-state index in [-0.39, 0.29) is 17.7 Å². The Morgan fingerprint density at radius 1 is 0.806 bits per heavy atom. The summed E-state index contributed by atoms with van der Waals surface area (Å²) in [5.41, 5.74) is 0.669. The molecule has 6 heteroatoms. The van der Waals surface area contributed by atoms with E-state index in [2.05, 4.69) is 10.3 Å². The summed E-state index contributed by atoms with van der Waals surface area (Å²) in [6.45, 7) is 1.79. The number of benzene rings is 2. The summed E-state index contributed by atoms with van der Waals surface area (Å²) in [5.74, 6) is -2.40. The van der Waals surface area contributed by atoms with Crippen molar-refractivity contribution in [2.24, 2.45) is 11.8 Å². The van der Waals surface area contributed by atoms with Crippen LogP contribution >= 0.6 is 0 Å². The first-order valence-corrected chi connectivity index (χ1v) is 10.3. The predicted molar refractivity (Wildman–Crippen MR) is 113 cm³/mol. The third-order valence-corrected chi connectivity index (χ3v) is 7.24. The van der Waals surface area contributed by atoms with E-state index < -0.39 is 22.8 Å². The van der Waals surface area contributed by atoms with E-state index >= 15 is 0 Å². The molecule has 2 fully saturated rings. The van der Waals surface area contributed by atoms with Crippen LogP contribution in [0, 0.1) is 11.8 Å². The maximum Gasteiger partial charge on any atom is 0.240 e. The van der Waals surface area contributed by atoms with E-state index in [1.54, 1.807) is 43.6 Å². The molecule has 6 nitrogen and oxygen atoms in total. The van der Waals surface area contributed by atoms with Crippen LogP contribution in [0.2, 0.25) is 0 Å². The fraction of sp³-hybridized carbons (Fsp3) is 0.200. The number of nitrogens with zero attached hydrogens (tertiary/aromatic N) is 2. The van der Waals surface area contributed by atoms with Crippen LogP contribution < -0.4 is 10.2 Å². The van der Waals surface area contributed by atoms with Gasteiger partial charge >= 0.3 is 0 Å². The molecule has 4 atom stereocenters. The number of rotatable bonds is 2. The molecule has 0 saturated carbocycles. The molecule has 1 N–H and O–H groups in total. The summed E-state index contributed by atoms with van der Waals surface area (Å²) in [7, 11) is 0. The molecule has 4 heterocycles. The summed E-state index contributed by atoms with van der Waals surface area (Å²) >= 11 is 0. The molecular formula is C25H19N3O3. The molecule has 2 aromatic carbocycles. The average Bonchev–Trinajstić information content (AvgIpc) is 3.09. The Morgan fingerprint density at radius 2 is 1.42 bits per heavy atom. The highest BCUT2D eigenvalue weighted by Gasteiger charge is 2.74. The summed E-state index contributed by atoms with van der Waals surface area (Å²) in [4.78, 5) is 46.6. The quantitative estimate of drug-likeness (QED) is 0.660. The minimum atomic E-state index is -1.13. The van der Waals surface area contributed by atoms with Crippen LogP contribution in [0.1, 0.15) is 23.6 Å². The van der Waals surface area contributed by atoms with Crippen LogP contribution in [0.4, 0.5) is 5.69 Å². The summed E-state index contributed by atoms with van der Waals surface area (Å²) < 4.78 is 0. The van der Waals surface area contributed by atoms with Gasteiger partial charge in [0.2, 0.25) is 17.7 Å². The maximum absolute atomic E-state index is 13.9. The zero-order valence-electron chi connectivity index (χ0n) is 16.8. The number of aromatic nitrogens is 1. The Bertz CT molecular complexity index is 1260. The Balaban J connectivity index is 1.68. The first-order valence-electron chi connectivity index (χ1n) is 10.3. The lowest BCUT2D eigenvalue weighted by atomic mass is 9.49. The summed E-state index contributed by atoms with van der Waals surface area (Å²) in [6, 6.07) is 20.2. The number of carbonyl (C=O) groups is 3. The molecule has 0 spiro atoms. The minimum absolute atomic E-state index is 0.236. The topological polar surface area (TPSA) is 79.4 Å². The van der Waals surface area contributed by atoms with Crippen LogP contribution in [-0.2, 0) is 25.3 Å². The number of hydrogen-bond donors (Lipinski definition) is 1. The van der Waals surface area contributed by atoms with Crippen LogP contribution in [0.3, 0.4) is 0 Å². The third-order valence-electron chi connectivity index (χ3n) is 7.24. The van der Waals surface area contributed by atoms with Gasteiger partial charge in [-0.05, 0) is 47.9 Å². The lowest BCUT2D eigenvalue weighted by molar-refractivity contribution is -0.147. The molecule has 3 amide bonds. The van der Waals surface area contributed by atoms with Gasteiger partial charge in [0.25, 0.3) is 0 Å². The zero-order chi connectivity index (χ0) is 21.4. The van der Waals surface area contributed by atoms with Crippen molar-refractivity contribution in [3.8, 4) is 0 Å². The highest BCUT2D eigenvalue weighted by Crippen LogP contribution is 2.61. The molecule has 31 heavy (non-hydrogen) atoms. The fourth-order valence-electron chi connectivity index (χ4n) is 5.87. The smallest absolute Gasteiger partial charge is 0.240 e. The second-order valence-corrected chi connectivity index (χ2v) is 8.55. The van der Waals surface area contributed by atoms with Gasteiger partial charge in [0.1, 0.15) is 5.54 Å². The van der Waals surface area contributed by atoms with Crippen molar-refractivity contribution in [3.05, 3.63) is 95.8 Å². The van der Waals surface area contributed by atoms with Gasteiger partial charge in [-0.25, -0.2) is 4.90 Å². The standard InChI is InChI=1S/C25H19N3O3/c1-24-17-9-5-6-10-18(17)25(27-23(24)31,15-11-13-26-14-12-15)20-19(24)21(29)28(22(20)30)16-7-3-2-4-8-16/h2-14,19-20H,1H3,(H,27,31)/t19-,20-,24+,25+/m1/s1. The number of fused-ring (bicyclic) bond motifs is 1. The summed E-state index contributed by atoms with van der Waals surface area (Å²) in [5, 5.41) is 3.17. The minimum Gasteiger partial charge on any atom is -0.341 e. The number of imide groups is 1. The van der Waals surface area contributed by atoms with E-state index in [0.717, 1.165) is 16.7 Å². The van der Waals surface area contributed by atoms with Gasteiger partial charge in [-0.3, -0.25) is 19.4 Å². The molecule has 0 radical (unpaired) electrons. The van der Waals surface area contributed by atoms with Crippen molar-refractivity contribution in [2.75, 3.05) is 4.90 Å². The molecule has 7 rings (SSSR count). The van der Waals surface area contributed by atoms with Gasteiger partial charge in [-0.2, -0.15) is 0 Å². The molecule has 1 aliphatic carbocycles. The molecule has 0 unspecified atom stereocenters. The van der Waals surface area contributed by atoms with Gasteiger partial charge in [-0.15, -0.1) is 0 Å². The van der Waals surface area contributed by atoms with Gasteiger partial charge in [0.15, 0.2) is 0 Å². The highest BCUT2D eigenvalue weighted by atomic mass is 16.2. The van der Waals surface area contributed by atoms with E-state index in [0.29, 0.717) is 5.69 Å². The number of anilines is 1. The Labute approximate surface area is 178 Å². The predicted octanol–water partition coefficient (Wildman–Crippen LogP) is 2.53. The lowest BCUT2D eigenvalue weighted by Crippen LogP contribution is -2.72. The lowest BCUT2D eigenvalue weighted by Gasteiger charge is -2.57. The van der Waals surface area contributed by atoms with Crippen molar-refractivity contribution in [1.29, 1.82) is 0 Å².